The fourth-order valence-electron chi connectivity index (χ4n) is 2.81. The third-order valence-electron chi connectivity index (χ3n) is 3.85. The number of ether oxygens (including phenoxy) is 1. The first-order valence-corrected chi connectivity index (χ1v) is 9.42. The zero-order valence-electron chi connectivity index (χ0n) is 13.9. The number of benzene rings is 1. The molecule has 2 atom stereocenters. The Morgan fingerprint density at radius 1 is 1.09 bits per heavy atom. The van der Waals surface area contributed by atoms with E-state index in [1.54, 1.807) is 12.1 Å². The van der Waals surface area contributed by atoms with Gasteiger partial charge < -0.3 is 4.74 Å². The first kappa shape index (κ1) is 17.4. The van der Waals surface area contributed by atoms with Crippen LogP contribution in [0.4, 0.5) is 0 Å². The summed E-state index contributed by atoms with van der Waals surface area (Å²) in [6, 6.07) is 6.79. The summed E-state index contributed by atoms with van der Waals surface area (Å²) in [4.78, 5) is 0.318. The standard InChI is InChI=1S/C17H27NO3S/c1-13-9-11-14(12-10-13)22(19,20)18-15-7-5-6-8-16(15)21-17(2,3)4/h9-12,15-16,18H,5-8H2,1-4H3/t15-,16-/m0/s1. The van der Waals surface area contributed by atoms with E-state index in [0.717, 1.165) is 31.2 Å². The van der Waals surface area contributed by atoms with Gasteiger partial charge in [-0.25, -0.2) is 13.1 Å². The van der Waals surface area contributed by atoms with Crippen LogP contribution < -0.4 is 4.72 Å². The minimum Gasteiger partial charge on any atom is -0.371 e. The molecule has 22 heavy (non-hydrogen) atoms. The van der Waals surface area contributed by atoms with Crippen LogP contribution in [0.1, 0.15) is 52.0 Å². The number of hydrogen-bond acceptors (Lipinski definition) is 3. The van der Waals surface area contributed by atoms with Crippen LogP contribution in [0.5, 0.6) is 0 Å². The van der Waals surface area contributed by atoms with Crippen LogP contribution in [0.2, 0.25) is 0 Å². The Morgan fingerprint density at radius 3 is 2.27 bits per heavy atom. The lowest BCUT2D eigenvalue weighted by atomic mass is 9.92. The van der Waals surface area contributed by atoms with Crippen molar-refractivity contribution in [2.24, 2.45) is 0 Å². The van der Waals surface area contributed by atoms with Gasteiger partial charge in [-0.1, -0.05) is 30.5 Å². The van der Waals surface area contributed by atoms with Crippen LogP contribution in [-0.4, -0.2) is 26.2 Å². The van der Waals surface area contributed by atoms with E-state index in [4.69, 9.17) is 4.74 Å². The maximum atomic E-state index is 12.6. The lowest BCUT2D eigenvalue weighted by molar-refractivity contribution is -0.0837. The summed E-state index contributed by atoms with van der Waals surface area (Å²) in [6.45, 7) is 7.96. The number of aryl methyl sites for hydroxylation is 1. The van der Waals surface area contributed by atoms with E-state index in [1.807, 2.05) is 39.8 Å². The molecule has 1 aliphatic carbocycles. The summed E-state index contributed by atoms with van der Waals surface area (Å²) in [5.41, 5.74) is 0.779. The number of hydrogen-bond donors (Lipinski definition) is 1. The van der Waals surface area contributed by atoms with Crippen molar-refractivity contribution in [1.82, 2.24) is 4.72 Å². The second kappa shape index (κ2) is 6.69. The first-order valence-electron chi connectivity index (χ1n) is 7.94. The van der Waals surface area contributed by atoms with Crippen molar-refractivity contribution >= 4 is 10.0 Å². The highest BCUT2D eigenvalue weighted by molar-refractivity contribution is 7.89. The monoisotopic (exact) mass is 325 g/mol. The quantitative estimate of drug-likeness (QED) is 0.923. The van der Waals surface area contributed by atoms with Gasteiger partial charge in [0.1, 0.15) is 0 Å². The molecule has 0 bridgehead atoms. The van der Waals surface area contributed by atoms with Gasteiger partial charge in [-0.15, -0.1) is 0 Å². The Morgan fingerprint density at radius 2 is 1.68 bits per heavy atom. The SMILES string of the molecule is Cc1ccc(S(=O)(=O)N[C@H]2CCCC[C@@H]2OC(C)(C)C)cc1. The second-order valence-corrected chi connectivity index (χ2v) is 8.81. The lowest BCUT2D eigenvalue weighted by Gasteiger charge is -2.36. The fourth-order valence-corrected chi connectivity index (χ4v) is 4.11. The van der Waals surface area contributed by atoms with Crippen LogP contribution in [-0.2, 0) is 14.8 Å². The van der Waals surface area contributed by atoms with Crippen molar-refractivity contribution < 1.29 is 13.2 Å². The van der Waals surface area contributed by atoms with Crippen molar-refractivity contribution in [1.29, 1.82) is 0 Å². The molecule has 124 valence electrons. The van der Waals surface area contributed by atoms with Crippen LogP contribution in [0.3, 0.4) is 0 Å². The summed E-state index contributed by atoms with van der Waals surface area (Å²) in [5.74, 6) is 0. The van der Waals surface area contributed by atoms with Crippen molar-refractivity contribution in [3.8, 4) is 0 Å². The maximum absolute atomic E-state index is 12.6. The third-order valence-corrected chi connectivity index (χ3v) is 5.35. The number of nitrogens with one attached hydrogen (secondary N) is 1. The molecule has 0 radical (unpaired) electrons. The van der Waals surface area contributed by atoms with Crippen LogP contribution in [0.15, 0.2) is 29.2 Å². The van der Waals surface area contributed by atoms with Crippen molar-refractivity contribution in [2.45, 2.75) is 76.0 Å². The molecule has 1 fully saturated rings. The number of rotatable bonds is 4. The van der Waals surface area contributed by atoms with Gasteiger partial charge in [0.15, 0.2) is 0 Å². The molecule has 0 amide bonds. The molecule has 4 nitrogen and oxygen atoms in total. The first-order chi connectivity index (χ1) is 10.2. The van der Waals surface area contributed by atoms with Gasteiger partial charge >= 0.3 is 0 Å². The van der Waals surface area contributed by atoms with Gasteiger partial charge in [0, 0.05) is 6.04 Å². The predicted molar refractivity (Wildman–Crippen MR) is 88.4 cm³/mol. The molecule has 0 saturated heterocycles. The van der Waals surface area contributed by atoms with Crippen LogP contribution >= 0.6 is 0 Å². The molecule has 1 N–H and O–H groups in total. The summed E-state index contributed by atoms with van der Waals surface area (Å²) in [6.07, 6.45) is 3.78. The van der Waals surface area contributed by atoms with E-state index >= 15 is 0 Å². The Balaban J connectivity index is 2.13. The minimum atomic E-state index is -3.50. The Kier molecular flexibility index (Phi) is 5.30. The van der Waals surface area contributed by atoms with Crippen molar-refractivity contribution in [2.75, 3.05) is 0 Å². The smallest absolute Gasteiger partial charge is 0.240 e. The van der Waals surface area contributed by atoms with Crippen LogP contribution in [0, 0.1) is 6.92 Å². The topological polar surface area (TPSA) is 55.4 Å². The average molecular weight is 325 g/mol. The van der Waals surface area contributed by atoms with Gasteiger partial charge in [0.05, 0.1) is 16.6 Å². The predicted octanol–water partition coefficient (Wildman–Crippen LogP) is 3.40. The zero-order valence-corrected chi connectivity index (χ0v) is 14.7. The highest BCUT2D eigenvalue weighted by Gasteiger charge is 2.32. The molecule has 5 heteroatoms. The Bertz CT molecular complexity index is 587. The highest BCUT2D eigenvalue weighted by Crippen LogP contribution is 2.26. The molecule has 0 spiro atoms. The Hall–Kier alpha value is -0.910. The molecule has 0 heterocycles. The highest BCUT2D eigenvalue weighted by atomic mass is 32.2. The average Bonchev–Trinajstić information content (AvgIpc) is 2.39. The lowest BCUT2D eigenvalue weighted by Crippen LogP contribution is -2.48. The maximum Gasteiger partial charge on any atom is 0.240 e. The summed E-state index contributed by atoms with van der Waals surface area (Å²) in [7, 11) is -3.50. The van der Waals surface area contributed by atoms with Gasteiger partial charge in [0.2, 0.25) is 10.0 Å². The van der Waals surface area contributed by atoms with E-state index in [1.165, 1.54) is 0 Å². The summed E-state index contributed by atoms with van der Waals surface area (Å²) >= 11 is 0. The molecule has 1 aromatic carbocycles. The molecule has 0 aromatic heterocycles. The van der Waals surface area contributed by atoms with Crippen LogP contribution in [0.25, 0.3) is 0 Å². The molecule has 1 aliphatic rings. The number of sulfonamides is 1. The third kappa shape index (κ3) is 4.80. The molecule has 1 aromatic rings. The molecular weight excluding hydrogens is 298 g/mol. The normalized spacial score (nSPS) is 23.5. The van der Waals surface area contributed by atoms with E-state index in [9.17, 15) is 8.42 Å². The largest absolute Gasteiger partial charge is 0.371 e. The molecule has 0 unspecified atom stereocenters. The fraction of sp³-hybridized carbons (Fsp3) is 0.647. The van der Waals surface area contributed by atoms with E-state index in [-0.39, 0.29) is 17.7 Å². The summed E-state index contributed by atoms with van der Waals surface area (Å²) in [5, 5.41) is 0. The zero-order chi connectivity index (χ0) is 16.4. The molecule has 1 saturated carbocycles. The molecular formula is C17H27NO3S. The van der Waals surface area contributed by atoms with Crippen molar-refractivity contribution in [3.05, 3.63) is 29.8 Å². The molecule has 2 rings (SSSR count). The van der Waals surface area contributed by atoms with E-state index in [0.29, 0.717) is 4.90 Å². The van der Waals surface area contributed by atoms with E-state index < -0.39 is 10.0 Å². The second-order valence-electron chi connectivity index (χ2n) is 7.09. The molecule has 0 aliphatic heterocycles. The summed E-state index contributed by atoms with van der Waals surface area (Å²) < 4.78 is 34.0. The van der Waals surface area contributed by atoms with Gasteiger partial charge in [-0.2, -0.15) is 0 Å². The van der Waals surface area contributed by atoms with Gasteiger partial charge in [-0.3, -0.25) is 0 Å². The minimum absolute atomic E-state index is 0.0611. The van der Waals surface area contributed by atoms with E-state index in [2.05, 4.69) is 4.72 Å². The van der Waals surface area contributed by atoms with Crippen molar-refractivity contribution in [3.63, 3.8) is 0 Å². The van der Waals surface area contributed by atoms with Gasteiger partial charge in [0.25, 0.3) is 0 Å². The van der Waals surface area contributed by atoms with Gasteiger partial charge in [-0.05, 0) is 52.7 Å². The Labute approximate surface area is 134 Å².